The fourth-order valence-electron chi connectivity index (χ4n) is 7.56. The highest BCUT2D eigenvalue weighted by atomic mass is 19.1. The zero-order valence-corrected chi connectivity index (χ0v) is 29.7. The molecule has 2 atom stereocenters. The molecule has 52 heavy (non-hydrogen) atoms. The summed E-state index contributed by atoms with van der Waals surface area (Å²) in [5.74, 6) is 1.40. The molecule has 2 aromatic carbocycles. The Labute approximate surface area is 300 Å². The number of hydrogen-bond acceptors (Lipinski definition) is 10. The zero-order valence-electron chi connectivity index (χ0n) is 29.7. The van der Waals surface area contributed by atoms with Crippen molar-refractivity contribution in [1.82, 2.24) is 24.9 Å². The van der Waals surface area contributed by atoms with Crippen molar-refractivity contribution in [3.63, 3.8) is 0 Å². The van der Waals surface area contributed by atoms with E-state index in [-0.39, 0.29) is 58.3 Å². The van der Waals surface area contributed by atoms with Crippen LogP contribution in [-0.4, -0.2) is 95.0 Å². The van der Waals surface area contributed by atoms with Crippen molar-refractivity contribution >= 4 is 33.6 Å². The maximum Gasteiger partial charge on any atom is 0.429 e. The molecule has 0 aliphatic carbocycles. The molecule has 274 valence electrons. The topological polar surface area (TPSA) is 102 Å². The van der Waals surface area contributed by atoms with Crippen LogP contribution in [0.1, 0.15) is 58.4 Å². The summed E-state index contributed by atoms with van der Waals surface area (Å²) in [6, 6.07) is 5.80. The minimum atomic E-state index is -0.977. The summed E-state index contributed by atoms with van der Waals surface area (Å²) in [4.78, 5) is 29.4. The van der Waals surface area contributed by atoms with Gasteiger partial charge in [-0.25, -0.2) is 23.0 Å². The van der Waals surface area contributed by atoms with E-state index in [1.807, 2.05) is 0 Å². The Bertz CT molecular complexity index is 2070. The fraction of sp³-hybridized carbons (Fsp3) is 0.474. The molecule has 0 bridgehead atoms. The average Bonchev–Trinajstić information content (AvgIpc) is 3.64. The van der Waals surface area contributed by atoms with Crippen LogP contribution in [0.2, 0.25) is 0 Å². The Morgan fingerprint density at radius 2 is 1.90 bits per heavy atom. The van der Waals surface area contributed by atoms with Gasteiger partial charge in [-0.05, 0) is 76.6 Å². The van der Waals surface area contributed by atoms with Crippen LogP contribution >= 0.6 is 0 Å². The lowest BCUT2D eigenvalue weighted by Gasteiger charge is -2.40. The van der Waals surface area contributed by atoms with Gasteiger partial charge in [-0.1, -0.05) is 12.0 Å². The van der Waals surface area contributed by atoms with Crippen LogP contribution in [0.4, 0.5) is 23.8 Å². The Kier molecular flexibility index (Phi) is 9.52. The lowest BCUT2D eigenvalue weighted by Crippen LogP contribution is -2.52. The Hall–Kier alpha value is -4.87. The van der Waals surface area contributed by atoms with E-state index in [0.717, 1.165) is 19.4 Å². The van der Waals surface area contributed by atoms with E-state index >= 15 is 8.78 Å². The number of alkyl halides is 1. The number of carbonyl (C=O) groups is 1. The predicted molar refractivity (Wildman–Crippen MR) is 189 cm³/mol. The summed E-state index contributed by atoms with van der Waals surface area (Å²) in [5, 5.41) is 4.05. The Morgan fingerprint density at radius 3 is 2.67 bits per heavy atom. The van der Waals surface area contributed by atoms with E-state index in [9.17, 15) is 9.18 Å². The molecule has 0 spiro atoms. The first-order chi connectivity index (χ1) is 24.9. The third-order valence-electron chi connectivity index (χ3n) is 9.79. The number of terminal acetylenes is 1. The van der Waals surface area contributed by atoms with E-state index in [1.54, 1.807) is 31.8 Å². The van der Waals surface area contributed by atoms with Gasteiger partial charge in [0.05, 0.1) is 16.5 Å². The number of anilines is 1. The minimum Gasteiger partial charge on any atom is -0.468 e. The third-order valence-corrected chi connectivity index (χ3v) is 9.79. The summed E-state index contributed by atoms with van der Waals surface area (Å²) in [6.45, 7) is 7.13. The number of fused-ring (bicyclic) bond motifs is 3. The number of methoxy groups -OCH3 is 1. The smallest absolute Gasteiger partial charge is 0.429 e. The highest BCUT2D eigenvalue weighted by molar-refractivity contribution is 6.03. The standard InChI is InChI=1S/C38H41F3N6O5/c1-6-26-29(40)11-10-23-16-25(51-22-49-5)17-27(30(23)26)32-31(41)33-28(19-42-32)34(46-14-7-8-15-47(46)36(48)52-37(2,3)4)44-35(43-33)50-21-38-12-9-13-45(38)20-24(39)18-38/h1,10-11,16-17,19,24H,7-9,12-15,18,20-22H2,2-5H3/t24-,38+/m1/s1. The van der Waals surface area contributed by atoms with Gasteiger partial charge in [-0.2, -0.15) is 9.97 Å². The van der Waals surface area contributed by atoms with Crippen molar-refractivity contribution < 1.29 is 36.9 Å². The number of hydrazine groups is 1. The van der Waals surface area contributed by atoms with Gasteiger partial charge in [-0.15, -0.1) is 6.42 Å². The molecule has 0 radical (unpaired) electrons. The number of benzene rings is 2. The number of pyridine rings is 1. The third kappa shape index (κ3) is 6.63. The van der Waals surface area contributed by atoms with Gasteiger partial charge in [0.1, 0.15) is 41.2 Å². The number of halogens is 3. The molecular weight excluding hydrogens is 677 g/mol. The molecule has 3 aliphatic heterocycles. The van der Waals surface area contributed by atoms with E-state index in [1.165, 1.54) is 36.5 Å². The number of rotatable bonds is 8. The quantitative estimate of drug-likeness (QED) is 0.143. The van der Waals surface area contributed by atoms with Crippen LogP contribution in [0.5, 0.6) is 11.8 Å². The summed E-state index contributed by atoms with van der Waals surface area (Å²) in [7, 11) is 1.47. The van der Waals surface area contributed by atoms with Gasteiger partial charge in [0.2, 0.25) is 0 Å². The van der Waals surface area contributed by atoms with Crippen molar-refractivity contribution in [2.24, 2.45) is 0 Å². The molecule has 7 rings (SSSR count). The van der Waals surface area contributed by atoms with Crippen molar-refractivity contribution in [2.45, 2.75) is 70.2 Å². The summed E-state index contributed by atoms with van der Waals surface area (Å²) in [5.41, 5.74) is -1.50. The van der Waals surface area contributed by atoms with Crippen LogP contribution in [0, 0.1) is 24.0 Å². The molecule has 0 N–H and O–H groups in total. The van der Waals surface area contributed by atoms with Gasteiger partial charge in [-0.3, -0.25) is 14.9 Å². The van der Waals surface area contributed by atoms with Crippen LogP contribution < -0.4 is 14.5 Å². The van der Waals surface area contributed by atoms with E-state index in [4.69, 9.17) is 30.4 Å². The highest BCUT2D eigenvalue weighted by Crippen LogP contribution is 2.42. The number of ether oxygens (including phenoxy) is 4. The fourth-order valence-corrected chi connectivity index (χ4v) is 7.56. The summed E-state index contributed by atoms with van der Waals surface area (Å²) < 4.78 is 69.7. The van der Waals surface area contributed by atoms with Crippen LogP contribution in [-0.2, 0) is 9.47 Å². The molecule has 1 amide bonds. The van der Waals surface area contributed by atoms with Crippen molar-refractivity contribution in [3.05, 3.63) is 47.7 Å². The molecule has 0 unspecified atom stereocenters. The van der Waals surface area contributed by atoms with Gasteiger partial charge in [0.15, 0.2) is 18.4 Å². The van der Waals surface area contributed by atoms with Crippen molar-refractivity contribution in [3.8, 4) is 35.4 Å². The zero-order chi connectivity index (χ0) is 36.8. The SMILES string of the molecule is C#Cc1c(F)ccc2cc(OCOC)cc(-c3ncc4c(N5CCCCN5C(=O)OC(C)(C)C)nc(OC[C@@]56CCCN5C[C@H](F)C6)nc4c3F)c12. The number of aromatic nitrogens is 3. The normalized spacial score (nSPS) is 20.7. The summed E-state index contributed by atoms with van der Waals surface area (Å²) in [6.07, 6.45) is 9.02. The monoisotopic (exact) mass is 718 g/mol. The Morgan fingerprint density at radius 1 is 1.10 bits per heavy atom. The Balaban J connectivity index is 1.40. The molecule has 3 fully saturated rings. The second kappa shape index (κ2) is 13.9. The van der Waals surface area contributed by atoms with Crippen molar-refractivity contribution in [1.29, 1.82) is 0 Å². The average molecular weight is 719 g/mol. The predicted octanol–water partition coefficient (Wildman–Crippen LogP) is 6.79. The lowest BCUT2D eigenvalue weighted by atomic mass is 9.95. The molecule has 5 heterocycles. The summed E-state index contributed by atoms with van der Waals surface area (Å²) >= 11 is 0. The first-order valence-electron chi connectivity index (χ1n) is 17.4. The van der Waals surface area contributed by atoms with E-state index in [0.29, 0.717) is 50.0 Å². The molecule has 3 aliphatic rings. The minimum absolute atomic E-state index is 0.0658. The van der Waals surface area contributed by atoms with E-state index < -0.39 is 35.0 Å². The van der Waals surface area contributed by atoms with E-state index in [2.05, 4.69) is 20.8 Å². The number of carbonyl (C=O) groups excluding carboxylic acids is 1. The number of nitrogens with zero attached hydrogens (tertiary/aromatic N) is 6. The second-order valence-electron chi connectivity index (χ2n) is 14.5. The van der Waals surface area contributed by atoms with Crippen LogP contribution in [0.3, 0.4) is 0 Å². The number of amides is 1. The first-order valence-corrected chi connectivity index (χ1v) is 17.4. The molecule has 2 aromatic heterocycles. The molecule has 11 nitrogen and oxygen atoms in total. The molecule has 14 heteroatoms. The second-order valence-corrected chi connectivity index (χ2v) is 14.5. The largest absolute Gasteiger partial charge is 0.468 e. The van der Waals surface area contributed by atoms with Crippen molar-refractivity contribution in [2.75, 3.05) is 51.7 Å². The van der Waals surface area contributed by atoms with Crippen LogP contribution in [0.15, 0.2) is 30.5 Å². The maximum absolute atomic E-state index is 17.2. The van der Waals surface area contributed by atoms with Gasteiger partial charge >= 0.3 is 12.1 Å². The molecule has 0 saturated carbocycles. The molecule has 4 aromatic rings. The molecular formula is C38H41F3N6O5. The van der Waals surface area contributed by atoms with Gasteiger partial charge in [0, 0.05) is 50.3 Å². The lowest BCUT2D eigenvalue weighted by molar-refractivity contribution is 0.0190. The molecule has 3 saturated heterocycles. The first kappa shape index (κ1) is 35.5. The number of hydrogen-bond donors (Lipinski definition) is 0. The van der Waals surface area contributed by atoms with Crippen LogP contribution in [0.25, 0.3) is 32.9 Å². The van der Waals surface area contributed by atoms with Gasteiger partial charge in [0.25, 0.3) is 0 Å². The maximum atomic E-state index is 17.2. The highest BCUT2D eigenvalue weighted by Gasteiger charge is 2.49. The van der Waals surface area contributed by atoms with Gasteiger partial charge < -0.3 is 18.9 Å².